The van der Waals surface area contributed by atoms with E-state index in [4.69, 9.17) is 9.47 Å². The SMILES string of the molecule is OC(c1cnc(C(F)(F)F)s1)C1COc2ccccc2O1. The van der Waals surface area contributed by atoms with Crippen LogP contribution in [0.25, 0.3) is 0 Å². The molecule has 1 aromatic heterocycles. The van der Waals surface area contributed by atoms with Gasteiger partial charge in [0.15, 0.2) is 22.6 Å². The van der Waals surface area contributed by atoms with Gasteiger partial charge in [0.2, 0.25) is 0 Å². The maximum atomic E-state index is 12.5. The first-order valence-electron chi connectivity index (χ1n) is 6.04. The quantitative estimate of drug-likeness (QED) is 0.925. The number of nitrogens with zero attached hydrogens (tertiary/aromatic N) is 1. The first kappa shape index (κ1) is 14.2. The van der Waals surface area contributed by atoms with E-state index < -0.39 is 23.4 Å². The first-order valence-corrected chi connectivity index (χ1v) is 6.86. The molecular weight excluding hydrogens is 307 g/mol. The maximum Gasteiger partial charge on any atom is 0.443 e. The molecule has 0 spiro atoms. The number of aromatic nitrogens is 1. The van der Waals surface area contributed by atoms with Crippen LogP contribution in [0.15, 0.2) is 30.5 Å². The van der Waals surface area contributed by atoms with Crippen LogP contribution in [0.3, 0.4) is 0 Å². The Balaban J connectivity index is 1.77. The predicted molar refractivity (Wildman–Crippen MR) is 68.4 cm³/mol. The third-order valence-electron chi connectivity index (χ3n) is 2.94. The van der Waals surface area contributed by atoms with Gasteiger partial charge < -0.3 is 14.6 Å². The van der Waals surface area contributed by atoms with Gasteiger partial charge in [0.05, 0.1) is 4.88 Å². The highest BCUT2D eigenvalue weighted by Gasteiger charge is 2.37. The molecule has 8 heteroatoms. The highest BCUT2D eigenvalue weighted by atomic mass is 32.1. The van der Waals surface area contributed by atoms with Gasteiger partial charge in [-0.25, -0.2) is 4.98 Å². The summed E-state index contributed by atoms with van der Waals surface area (Å²) in [6, 6.07) is 6.90. The van der Waals surface area contributed by atoms with E-state index in [1.165, 1.54) is 0 Å². The third-order valence-corrected chi connectivity index (χ3v) is 4.05. The summed E-state index contributed by atoms with van der Waals surface area (Å²) in [6.45, 7) is 0.0530. The third kappa shape index (κ3) is 2.81. The lowest BCUT2D eigenvalue weighted by atomic mass is 10.1. The van der Waals surface area contributed by atoms with Crippen molar-refractivity contribution in [2.45, 2.75) is 18.4 Å². The molecule has 1 N–H and O–H groups in total. The minimum Gasteiger partial charge on any atom is -0.486 e. The van der Waals surface area contributed by atoms with Gasteiger partial charge >= 0.3 is 6.18 Å². The number of rotatable bonds is 2. The fourth-order valence-corrected chi connectivity index (χ4v) is 2.75. The van der Waals surface area contributed by atoms with E-state index in [0.29, 0.717) is 22.8 Å². The summed E-state index contributed by atoms with van der Waals surface area (Å²) < 4.78 is 48.5. The molecule has 0 amide bonds. The molecule has 2 atom stereocenters. The van der Waals surface area contributed by atoms with E-state index in [1.54, 1.807) is 24.3 Å². The van der Waals surface area contributed by atoms with Crippen LogP contribution in [0.4, 0.5) is 13.2 Å². The zero-order chi connectivity index (χ0) is 15.0. The molecule has 2 heterocycles. The second-order valence-electron chi connectivity index (χ2n) is 4.42. The topological polar surface area (TPSA) is 51.6 Å². The van der Waals surface area contributed by atoms with Gasteiger partial charge in [-0.2, -0.15) is 13.2 Å². The van der Waals surface area contributed by atoms with Crippen LogP contribution < -0.4 is 9.47 Å². The van der Waals surface area contributed by atoms with Crippen LogP contribution in [0.5, 0.6) is 11.5 Å². The average molecular weight is 317 g/mol. The van der Waals surface area contributed by atoms with Gasteiger partial charge in [-0.1, -0.05) is 12.1 Å². The van der Waals surface area contributed by atoms with Crippen molar-refractivity contribution < 1.29 is 27.8 Å². The Labute approximate surface area is 121 Å². The zero-order valence-corrected chi connectivity index (χ0v) is 11.3. The van der Waals surface area contributed by atoms with Crippen LogP contribution in [0.1, 0.15) is 16.0 Å². The Morgan fingerprint density at radius 2 is 2.00 bits per heavy atom. The van der Waals surface area contributed by atoms with Crippen LogP contribution >= 0.6 is 11.3 Å². The minimum absolute atomic E-state index is 0.0530. The number of para-hydroxylation sites is 2. The predicted octanol–water partition coefficient (Wildman–Crippen LogP) is 3.04. The van der Waals surface area contributed by atoms with E-state index in [0.717, 1.165) is 6.20 Å². The van der Waals surface area contributed by atoms with Gasteiger partial charge in [-0.05, 0) is 12.1 Å². The molecular formula is C13H10F3NO3S. The molecule has 1 aliphatic heterocycles. The molecule has 0 radical (unpaired) electrons. The van der Waals surface area contributed by atoms with Crippen molar-refractivity contribution >= 4 is 11.3 Å². The van der Waals surface area contributed by atoms with E-state index in [2.05, 4.69) is 4.98 Å². The fraction of sp³-hybridized carbons (Fsp3) is 0.308. The number of hydrogen-bond donors (Lipinski definition) is 1. The number of halogens is 3. The second-order valence-corrected chi connectivity index (χ2v) is 5.49. The number of fused-ring (bicyclic) bond motifs is 1. The maximum absolute atomic E-state index is 12.5. The van der Waals surface area contributed by atoms with Crippen molar-refractivity contribution in [3.05, 3.63) is 40.3 Å². The number of benzene rings is 1. The van der Waals surface area contributed by atoms with E-state index >= 15 is 0 Å². The summed E-state index contributed by atoms with van der Waals surface area (Å²) >= 11 is 0.401. The molecule has 0 bridgehead atoms. The molecule has 21 heavy (non-hydrogen) atoms. The van der Waals surface area contributed by atoms with Crippen molar-refractivity contribution in [1.29, 1.82) is 0 Å². The molecule has 0 saturated carbocycles. The lowest BCUT2D eigenvalue weighted by Crippen LogP contribution is -2.34. The Hall–Kier alpha value is -1.80. The summed E-state index contributed by atoms with van der Waals surface area (Å²) in [5.41, 5.74) is 0. The van der Waals surface area contributed by atoms with Crippen LogP contribution in [-0.4, -0.2) is 22.8 Å². The van der Waals surface area contributed by atoms with Crippen LogP contribution in [-0.2, 0) is 6.18 Å². The molecule has 0 fully saturated rings. The van der Waals surface area contributed by atoms with Gasteiger partial charge in [-0.15, -0.1) is 11.3 Å². The molecule has 4 nitrogen and oxygen atoms in total. The zero-order valence-electron chi connectivity index (χ0n) is 10.5. The monoisotopic (exact) mass is 317 g/mol. The van der Waals surface area contributed by atoms with E-state index in [9.17, 15) is 18.3 Å². The summed E-state index contributed by atoms with van der Waals surface area (Å²) in [5.74, 6) is 0.995. The van der Waals surface area contributed by atoms with Crippen molar-refractivity contribution in [2.24, 2.45) is 0 Å². The molecule has 112 valence electrons. The number of ether oxygens (including phenoxy) is 2. The Bertz CT molecular complexity index is 644. The van der Waals surface area contributed by atoms with Crippen molar-refractivity contribution in [3.63, 3.8) is 0 Å². The molecule has 2 unspecified atom stereocenters. The highest BCUT2D eigenvalue weighted by Crippen LogP contribution is 2.38. The van der Waals surface area contributed by atoms with Gasteiger partial charge in [0.25, 0.3) is 0 Å². The Kier molecular flexibility index (Phi) is 3.50. The molecule has 1 aliphatic rings. The summed E-state index contributed by atoms with van der Waals surface area (Å²) in [7, 11) is 0. The van der Waals surface area contributed by atoms with Gasteiger partial charge in [0, 0.05) is 6.20 Å². The first-order chi connectivity index (χ1) is 9.95. The smallest absolute Gasteiger partial charge is 0.443 e. The number of alkyl halides is 3. The largest absolute Gasteiger partial charge is 0.486 e. The van der Waals surface area contributed by atoms with Crippen molar-refractivity contribution in [2.75, 3.05) is 6.61 Å². The normalized spacial score (nSPS) is 19.3. The Morgan fingerprint density at radius 1 is 1.29 bits per heavy atom. The highest BCUT2D eigenvalue weighted by molar-refractivity contribution is 7.11. The van der Waals surface area contributed by atoms with Crippen molar-refractivity contribution in [3.8, 4) is 11.5 Å². The summed E-state index contributed by atoms with van der Waals surface area (Å²) in [5, 5.41) is 9.16. The number of hydrogen-bond acceptors (Lipinski definition) is 5. The number of thiazole rings is 1. The molecule has 0 saturated heterocycles. The number of aliphatic hydroxyl groups excluding tert-OH is 1. The average Bonchev–Trinajstić information content (AvgIpc) is 2.96. The summed E-state index contributed by atoms with van der Waals surface area (Å²) in [6.07, 6.45) is -5.50. The summed E-state index contributed by atoms with van der Waals surface area (Å²) in [4.78, 5) is 3.38. The van der Waals surface area contributed by atoms with Crippen molar-refractivity contribution in [1.82, 2.24) is 4.98 Å². The second kappa shape index (κ2) is 5.19. The van der Waals surface area contributed by atoms with Gasteiger partial charge in [-0.3, -0.25) is 0 Å². The number of aliphatic hydroxyl groups is 1. The fourth-order valence-electron chi connectivity index (χ4n) is 1.93. The Morgan fingerprint density at radius 3 is 2.67 bits per heavy atom. The molecule has 3 rings (SSSR count). The standard InChI is InChI=1S/C13H10F3NO3S/c14-13(15,16)12-17-5-10(21-12)11(18)9-6-19-7-3-1-2-4-8(7)20-9/h1-5,9,11,18H,6H2. The lowest BCUT2D eigenvalue weighted by molar-refractivity contribution is -0.137. The van der Waals surface area contributed by atoms with E-state index in [-0.39, 0.29) is 11.5 Å². The lowest BCUT2D eigenvalue weighted by Gasteiger charge is -2.29. The van der Waals surface area contributed by atoms with Crippen LogP contribution in [0, 0.1) is 0 Å². The van der Waals surface area contributed by atoms with Crippen LogP contribution in [0.2, 0.25) is 0 Å². The molecule has 2 aromatic rings. The molecule has 1 aromatic carbocycles. The van der Waals surface area contributed by atoms with Gasteiger partial charge in [0.1, 0.15) is 12.7 Å². The minimum atomic E-state index is -4.51. The van der Waals surface area contributed by atoms with E-state index in [1.807, 2.05) is 0 Å². The molecule has 0 aliphatic carbocycles.